The second-order valence-corrected chi connectivity index (χ2v) is 6.01. The van der Waals surface area contributed by atoms with Crippen molar-refractivity contribution in [1.29, 1.82) is 0 Å². The number of benzene rings is 2. The van der Waals surface area contributed by atoms with Crippen LogP contribution in [0, 0.1) is 0 Å². The highest BCUT2D eigenvalue weighted by Gasteiger charge is 2.10. The summed E-state index contributed by atoms with van der Waals surface area (Å²) >= 11 is 1.41. The number of hydrogen-bond acceptors (Lipinski definition) is 4. The molecule has 1 heterocycles. The van der Waals surface area contributed by atoms with E-state index in [1.54, 1.807) is 7.11 Å². The molecule has 2 aromatic carbocycles. The third-order valence-electron chi connectivity index (χ3n) is 3.37. The Morgan fingerprint density at radius 3 is 2.46 bits per heavy atom. The Labute approximate surface area is 144 Å². The molecule has 0 fully saturated rings. The molecule has 24 heavy (non-hydrogen) atoms. The maximum Gasteiger partial charge on any atom is 0.265 e. The molecule has 0 saturated carbocycles. The number of nitrogens with one attached hydrogen (secondary N) is 1. The molecule has 122 valence electrons. The van der Waals surface area contributed by atoms with Crippen molar-refractivity contribution in [3.63, 3.8) is 0 Å². The van der Waals surface area contributed by atoms with Gasteiger partial charge in [-0.1, -0.05) is 18.2 Å². The first-order chi connectivity index (χ1) is 11.7. The molecule has 0 radical (unpaired) electrons. The van der Waals surface area contributed by atoms with Gasteiger partial charge in [0.2, 0.25) is 0 Å². The van der Waals surface area contributed by atoms with Gasteiger partial charge in [-0.25, -0.2) is 0 Å². The molecule has 5 heteroatoms. The Kier molecular flexibility index (Phi) is 5.13. The Morgan fingerprint density at radius 2 is 1.75 bits per heavy atom. The van der Waals surface area contributed by atoms with Crippen molar-refractivity contribution in [2.24, 2.45) is 0 Å². The molecule has 0 saturated heterocycles. The first-order valence-electron chi connectivity index (χ1n) is 7.45. The summed E-state index contributed by atoms with van der Waals surface area (Å²) in [7, 11) is 1.63. The topological polar surface area (TPSA) is 47.6 Å². The molecule has 0 aliphatic rings. The smallest absolute Gasteiger partial charge is 0.265 e. The third-order valence-corrected chi connectivity index (χ3v) is 4.35. The lowest BCUT2D eigenvalue weighted by atomic mass is 10.3. The fourth-order valence-corrected chi connectivity index (χ4v) is 2.92. The van der Waals surface area contributed by atoms with Gasteiger partial charge in [0.05, 0.1) is 12.0 Å². The highest BCUT2D eigenvalue weighted by atomic mass is 32.1. The number of thiophene rings is 1. The molecule has 0 unspecified atom stereocenters. The highest BCUT2D eigenvalue weighted by molar-refractivity contribution is 7.12. The van der Waals surface area contributed by atoms with E-state index in [0.717, 1.165) is 22.7 Å². The molecular formula is C19H17NO3S. The Hall–Kier alpha value is -2.79. The molecule has 0 aliphatic heterocycles. The maximum atomic E-state index is 12.2. The molecule has 0 bridgehead atoms. The first kappa shape index (κ1) is 16.1. The fraction of sp³-hybridized carbons (Fsp3) is 0.105. The van der Waals surface area contributed by atoms with E-state index >= 15 is 0 Å². The number of para-hydroxylation sites is 1. The van der Waals surface area contributed by atoms with Gasteiger partial charge in [0.25, 0.3) is 5.91 Å². The maximum absolute atomic E-state index is 12.2. The SMILES string of the molecule is COc1ccc(OCc2csc(C(=O)Nc3ccccc3)c2)cc1. The van der Waals surface area contributed by atoms with E-state index in [4.69, 9.17) is 9.47 Å². The van der Waals surface area contributed by atoms with Crippen LogP contribution in [0.3, 0.4) is 0 Å². The fourth-order valence-electron chi connectivity index (χ4n) is 2.12. The van der Waals surface area contributed by atoms with Gasteiger partial charge in [0, 0.05) is 11.3 Å². The second kappa shape index (κ2) is 7.66. The minimum absolute atomic E-state index is 0.109. The highest BCUT2D eigenvalue weighted by Crippen LogP contribution is 2.21. The van der Waals surface area contributed by atoms with Gasteiger partial charge < -0.3 is 14.8 Å². The summed E-state index contributed by atoms with van der Waals surface area (Å²) in [6.07, 6.45) is 0. The van der Waals surface area contributed by atoms with E-state index in [2.05, 4.69) is 5.32 Å². The number of methoxy groups -OCH3 is 1. The summed E-state index contributed by atoms with van der Waals surface area (Å²) < 4.78 is 10.8. The standard InChI is InChI=1S/C19H17NO3S/c1-22-16-7-9-17(10-8-16)23-12-14-11-18(24-13-14)19(21)20-15-5-3-2-4-6-15/h2-11,13H,12H2,1H3,(H,20,21). The first-order valence-corrected chi connectivity index (χ1v) is 8.33. The Bertz CT molecular complexity index is 797. The van der Waals surface area contributed by atoms with Crippen LogP contribution in [0.4, 0.5) is 5.69 Å². The molecule has 4 nitrogen and oxygen atoms in total. The van der Waals surface area contributed by atoms with E-state index in [1.165, 1.54) is 11.3 Å². The quantitative estimate of drug-likeness (QED) is 0.714. The van der Waals surface area contributed by atoms with Crippen LogP contribution >= 0.6 is 11.3 Å². The van der Waals surface area contributed by atoms with Crippen LogP contribution in [-0.4, -0.2) is 13.0 Å². The van der Waals surface area contributed by atoms with Crippen molar-refractivity contribution >= 4 is 22.9 Å². The van der Waals surface area contributed by atoms with Gasteiger partial charge in [-0.3, -0.25) is 4.79 Å². The zero-order chi connectivity index (χ0) is 16.8. The van der Waals surface area contributed by atoms with Crippen molar-refractivity contribution in [1.82, 2.24) is 0 Å². The van der Waals surface area contributed by atoms with E-state index in [-0.39, 0.29) is 5.91 Å². The zero-order valence-corrected chi connectivity index (χ0v) is 14.0. The lowest BCUT2D eigenvalue weighted by Crippen LogP contribution is -2.09. The molecule has 3 aromatic rings. The molecule has 1 N–H and O–H groups in total. The van der Waals surface area contributed by atoms with Crippen LogP contribution in [0.5, 0.6) is 11.5 Å². The molecule has 0 aliphatic carbocycles. The Balaban J connectivity index is 1.57. The number of rotatable bonds is 6. The van der Waals surface area contributed by atoms with Gasteiger partial charge in [0.1, 0.15) is 18.1 Å². The van der Waals surface area contributed by atoms with E-state index in [1.807, 2.05) is 66.0 Å². The number of ether oxygens (including phenoxy) is 2. The number of hydrogen-bond donors (Lipinski definition) is 1. The average Bonchev–Trinajstić information content (AvgIpc) is 3.10. The number of carbonyl (C=O) groups excluding carboxylic acids is 1. The Morgan fingerprint density at radius 1 is 1.04 bits per heavy atom. The predicted molar refractivity (Wildman–Crippen MR) is 96.0 cm³/mol. The van der Waals surface area contributed by atoms with Gasteiger partial charge in [0.15, 0.2) is 0 Å². The van der Waals surface area contributed by atoms with Gasteiger partial charge in [-0.2, -0.15) is 0 Å². The predicted octanol–water partition coefficient (Wildman–Crippen LogP) is 4.59. The summed E-state index contributed by atoms with van der Waals surface area (Å²) in [5, 5.41) is 4.81. The van der Waals surface area contributed by atoms with Crippen LogP contribution < -0.4 is 14.8 Å². The van der Waals surface area contributed by atoms with Crippen LogP contribution in [0.1, 0.15) is 15.2 Å². The molecule has 3 rings (SSSR count). The van der Waals surface area contributed by atoms with Gasteiger partial charge >= 0.3 is 0 Å². The van der Waals surface area contributed by atoms with Crippen molar-refractivity contribution in [2.75, 3.05) is 12.4 Å². The molecule has 0 spiro atoms. The lowest BCUT2D eigenvalue weighted by molar-refractivity contribution is 0.103. The molecule has 0 atom stereocenters. The summed E-state index contributed by atoms with van der Waals surface area (Å²) in [6.45, 7) is 0.418. The van der Waals surface area contributed by atoms with Gasteiger partial charge in [-0.05, 0) is 47.8 Å². The third kappa shape index (κ3) is 4.14. The van der Waals surface area contributed by atoms with E-state index in [0.29, 0.717) is 11.5 Å². The van der Waals surface area contributed by atoms with Crippen molar-refractivity contribution in [3.05, 3.63) is 76.5 Å². The largest absolute Gasteiger partial charge is 0.497 e. The molecule has 1 amide bonds. The van der Waals surface area contributed by atoms with Crippen LogP contribution in [0.25, 0.3) is 0 Å². The van der Waals surface area contributed by atoms with Gasteiger partial charge in [-0.15, -0.1) is 11.3 Å². The van der Waals surface area contributed by atoms with Crippen LogP contribution in [0.15, 0.2) is 66.0 Å². The second-order valence-electron chi connectivity index (χ2n) is 5.10. The molecular weight excluding hydrogens is 322 g/mol. The van der Waals surface area contributed by atoms with E-state index < -0.39 is 0 Å². The van der Waals surface area contributed by atoms with E-state index in [9.17, 15) is 4.79 Å². The molecule has 1 aromatic heterocycles. The zero-order valence-electron chi connectivity index (χ0n) is 13.2. The normalized spacial score (nSPS) is 10.2. The van der Waals surface area contributed by atoms with Crippen LogP contribution in [-0.2, 0) is 6.61 Å². The average molecular weight is 339 g/mol. The summed E-state index contributed by atoms with van der Waals surface area (Å²) in [6, 6.07) is 18.7. The van der Waals surface area contributed by atoms with Crippen LogP contribution in [0.2, 0.25) is 0 Å². The van der Waals surface area contributed by atoms with Crippen molar-refractivity contribution < 1.29 is 14.3 Å². The number of anilines is 1. The summed E-state index contributed by atoms with van der Waals surface area (Å²) in [5.41, 5.74) is 1.75. The minimum Gasteiger partial charge on any atom is -0.497 e. The number of amides is 1. The van der Waals surface area contributed by atoms with Crippen molar-refractivity contribution in [2.45, 2.75) is 6.61 Å². The monoisotopic (exact) mass is 339 g/mol. The van der Waals surface area contributed by atoms with Crippen molar-refractivity contribution in [3.8, 4) is 11.5 Å². The number of carbonyl (C=O) groups is 1. The summed E-state index contributed by atoms with van der Waals surface area (Å²) in [4.78, 5) is 12.9. The minimum atomic E-state index is -0.109. The lowest BCUT2D eigenvalue weighted by Gasteiger charge is -2.05. The summed E-state index contributed by atoms with van der Waals surface area (Å²) in [5.74, 6) is 1.44.